The van der Waals surface area contributed by atoms with Crippen LogP contribution in [0.3, 0.4) is 0 Å². The number of hydrogen-bond donors (Lipinski definition) is 1. The van der Waals surface area contributed by atoms with E-state index in [0.717, 1.165) is 0 Å². The van der Waals surface area contributed by atoms with Gasteiger partial charge in [0.2, 0.25) is 9.70 Å². The molecule has 4 rings (SSSR count). The average Bonchev–Trinajstić information content (AvgIpc) is 2.91. The van der Waals surface area contributed by atoms with E-state index in [1.807, 2.05) is 0 Å². The smallest absolute Gasteiger partial charge is 0.411 e. The quantitative estimate of drug-likeness (QED) is 0.246. The van der Waals surface area contributed by atoms with E-state index in [1.54, 1.807) is 30.3 Å². The molecule has 0 aliphatic carbocycles. The fourth-order valence-electron chi connectivity index (χ4n) is 4.97. The van der Waals surface area contributed by atoms with Gasteiger partial charge in [0.1, 0.15) is 30.5 Å². The number of carbonyl (C=O) groups is 3. The van der Waals surface area contributed by atoms with E-state index in [-0.39, 0.29) is 44.2 Å². The number of aliphatic carboxylic acids is 1. The van der Waals surface area contributed by atoms with Gasteiger partial charge in [0.15, 0.2) is 5.60 Å². The maximum absolute atomic E-state index is 13.5. The Hall–Kier alpha value is -2.73. The molecule has 2 aromatic carbocycles. The minimum atomic E-state index is -1.94. The van der Waals surface area contributed by atoms with Gasteiger partial charge in [-0.2, -0.15) is 0 Å². The predicted molar refractivity (Wildman–Crippen MR) is 163 cm³/mol. The standard InChI is InChI=1S/C29H29BrCl3FN2O7/c1-16(37)35-14-19-13-21(25(26(38)39)23(15-35)36(19)27(40)43-28(2,3)29(31,32)33)17-4-7-20(8-5-17)41-10-11-42-24-12-18(34)6-9-22(24)30/h4-9,12,19,23H,10-11,13-15H2,1-3H3,(H,38,39). The third-order valence-corrected chi connectivity index (χ3v) is 9.29. The third kappa shape index (κ3) is 7.50. The summed E-state index contributed by atoms with van der Waals surface area (Å²) in [4.78, 5) is 41.2. The number of hydrogen-bond acceptors (Lipinski definition) is 6. The van der Waals surface area contributed by atoms with Crippen LogP contribution in [0.5, 0.6) is 11.5 Å². The molecule has 2 aliphatic rings. The normalized spacial score (nSPS) is 18.8. The Kier molecular flexibility index (Phi) is 10.1. The topological polar surface area (TPSA) is 106 Å². The molecule has 2 bridgehead atoms. The van der Waals surface area contributed by atoms with Crippen molar-refractivity contribution in [2.24, 2.45) is 0 Å². The molecule has 232 valence electrons. The summed E-state index contributed by atoms with van der Waals surface area (Å²) in [5.41, 5.74) is -0.397. The van der Waals surface area contributed by atoms with Gasteiger partial charge in [-0.3, -0.25) is 9.69 Å². The van der Waals surface area contributed by atoms with E-state index >= 15 is 0 Å². The summed E-state index contributed by atoms with van der Waals surface area (Å²) in [6.07, 6.45) is -0.703. The minimum Gasteiger partial charge on any atom is -0.490 e. The van der Waals surface area contributed by atoms with Crippen molar-refractivity contribution in [1.82, 2.24) is 9.80 Å². The van der Waals surface area contributed by atoms with E-state index in [9.17, 15) is 23.9 Å². The second-order valence-corrected chi connectivity index (χ2v) is 13.7. The van der Waals surface area contributed by atoms with Gasteiger partial charge in [0.25, 0.3) is 0 Å². The molecule has 2 unspecified atom stereocenters. The summed E-state index contributed by atoms with van der Waals surface area (Å²) in [5, 5.41) is 10.3. The Morgan fingerprint density at radius 2 is 1.70 bits per heavy atom. The van der Waals surface area contributed by atoms with Crippen LogP contribution in [0, 0.1) is 5.82 Å². The zero-order valence-corrected chi connectivity index (χ0v) is 27.3. The lowest BCUT2D eigenvalue weighted by atomic mass is 9.82. The van der Waals surface area contributed by atoms with Crippen LogP contribution >= 0.6 is 50.7 Å². The van der Waals surface area contributed by atoms with Crippen LogP contribution in [0.4, 0.5) is 9.18 Å². The number of rotatable bonds is 8. The third-order valence-electron chi connectivity index (χ3n) is 7.27. The van der Waals surface area contributed by atoms with Crippen LogP contribution in [0.15, 0.2) is 52.5 Å². The Bertz CT molecular complexity index is 1430. The number of nitrogens with zero attached hydrogens (tertiary/aromatic N) is 2. The van der Waals surface area contributed by atoms with Gasteiger partial charge >= 0.3 is 12.1 Å². The van der Waals surface area contributed by atoms with Gasteiger partial charge < -0.3 is 24.2 Å². The Morgan fingerprint density at radius 1 is 1.05 bits per heavy atom. The number of alkyl halides is 3. The predicted octanol–water partition coefficient (Wildman–Crippen LogP) is 6.47. The monoisotopic (exact) mass is 720 g/mol. The zero-order valence-electron chi connectivity index (χ0n) is 23.4. The summed E-state index contributed by atoms with van der Waals surface area (Å²) in [7, 11) is 0. The largest absolute Gasteiger partial charge is 0.490 e. The van der Waals surface area contributed by atoms with E-state index in [1.165, 1.54) is 42.7 Å². The maximum atomic E-state index is 13.5. The van der Waals surface area contributed by atoms with E-state index in [2.05, 4.69) is 15.9 Å². The molecule has 0 aromatic heterocycles. The molecule has 1 N–H and O–H groups in total. The van der Waals surface area contributed by atoms with Gasteiger partial charge in [0.05, 0.1) is 22.1 Å². The SMILES string of the molecule is CC(=O)N1CC2CC(c3ccc(OCCOc4cc(F)ccc4Br)cc3)=C(C(=O)O)C(C1)N2C(=O)OC(C)(C)C(Cl)(Cl)Cl. The van der Waals surface area contributed by atoms with Crippen molar-refractivity contribution in [3.8, 4) is 11.5 Å². The van der Waals surface area contributed by atoms with Crippen molar-refractivity contribution in [3.05, 3.63) is 63.9 Å². The number of piperazine rings is 1. The number of carbonyl (C=O) groups excluding carboxylic acids is 2. The molecular formula is C29H29BrCl3FN2O7. The first-order chi connectivity index (χ1) is 20.1. The Balaban J connectivity index is 1.55. The van der Waals surface area contributed by atoms with Crippen LogP contribution < -0.4 is 9.47 Å². The second kappa shape index (κ2) is 13.1. The average molecular weight is 723 g/mol. The highest BCUT2D eigenvalue weighted by Crippen LogP contribution is 2.43. The number of benzene rings is 2. The van der Waals surface area contributed by atoms with Crippen molar-refractivity contribution < 1.29 is 38.1 Å². The first kappa shape index (κ1) is 33.2. The molecule has 1 saturated heterocycles. The van der Waals surface area contributed by atoms with Crippen LogP contribution in [0.2, 0.25) is 0 Å². The van der Waals surface area contributed by atoms with Gasteiger partial charge in [-0.1, -0.05) is 46.9 Å². The molecule has 0 saturated carbocycles. The number of carboxylic acids is 1. The number of amides is 2. The molecule has 2 aliphatic heterocycles. The fourth-order valence-corrected chi connectivity index (χ4v) is 5.44. The number of halogens is 5. The van der Waals surface area contributed by atoms with E-state index < -0.39 is 39.4 Å². The molecule has 0 spiro atoms. The first-order valence-electron chi connectivity index (χ1n) is 13.2. The Morgan fingerprint density at radius 3 is 2.30 bits per heavy atom. The highest BCUT2D eigenvalue weighted by molar-refractivity contribution is 9.10. The first-order valence-corrected chi connectivity index (χ1v) is 15.1. The van der Waals surface area contributed by atoms with E-state index in [4.69, 9.17) is 49.0 Å². The lowest BCUT2D eigenvalue weighted by Gasteiger charge is -2.50. The summed E-state index contributed by atoms with van der Waals surface area (Å²) < 4.78 is 29.0. The summed E-state index contributed by atoms with van der Waals surface area (Å²) in [6.45, 7) is 4.75. The highest BCUT2D eigenvalue weighted by atomic mass is 79.9. The Labute approximate surface area is 271 Å². The molecule has 2 amide bonds. The van der Waals surface area contributed by atoms with Crippen LogP contribution in [0.1, 0.15) is 32.8 Å². The molecule has 0 radical (unpaired) electrons. The zero-order chi connectivity index (χ0) is 31.7. The summed E-state index contributed by atoms with van der Waals surface area (Å²) >= 11 is 21.3. The molecule has 2 heterocycles. The number of carboxylic acid groups (broad SMARTS) is 1. The lowest BCUT2D eigenvalue weighted by Crippen LogP contribution is -2.65. The van der Waals surface area contributed by atoms with Crippen LogP contribution in [-0.4, -0.2) is 80.7 Å². The van der Waals surface area contributed by atoms with Crippen molar-refractivity contribution in [1.29, 1.82) is 0 Å². The maximum Gasteiger partial charge on any atom is 0.411 e. The summed E-state index contributed by atoms with van der Waals surface area (Å²) in [5.74, 6) is -1.03. The van der Waals surface area contributed by atoms with Gasteiger partial charge in [0, 0.05) is 26.1 Å². The summed E-state index contributed by atoms with van der Waals surface area (Å²) in [6, 6.07) is 9.40. The fraction of sp³-hybridized carbons (Fsp3) is 0.414. The van der Waals surface area contributed by atoms with E-state index in [0.29, 0.717) is 27.1 Å². The molecule has 2 atom stereocenters. The van der Waals surface area contributed by atoms with Crippen molar-refractivity contribution in [3.63, 3.8) is 0 Å². The van der Waals surface area contributed by atoms with Crippen LogP contribution in [-0.2, 0) is 14.3 Å². The molecule has 9 nitrogen and oxygen atoms in total. The van der Waals surface area contributed by atoms with Gasteiger partial charge in [-0.05, 0) is 71.6 Å². The minimum absolute atomic E-state index is 0.0337. The number of ether oxygens (including phenoxy) is 3. The second-order valence-electron chi connectivity index (χ2n) is 10.6. The van der Waals surface area contributed by atoms with Crippen LogP contribution in [0.25, 0.3) is 5.57 Å². The molecule has 2 aromatic rings. The molecule has 14 heteroatoms. The molecule has 1 fully saturated rings. The van der Waals surface area contributed by atoms with Crippen molar-refractivity contribution in [2.75, 3.05) is 26.3 Å². The molecule has 43 heavy (non-hydrogen) atoms. The van der Waals surface area contributed by atoms with Gasteiger partial charge in [-0.15, -0.1) is 0 Å². The lowest BCUT2D eigenvalue weighted by molar-refractivity contribution is -0.137. The molecular weight excluding hydrogens is 694 g/mol. The van der Waals surface area contributed by atoms with Gasteiger partial charge in [-0.25, -0.2) is 14.0 Å². The van der Waals surface area contributed by atoms with Crippen molar-refractivity contribution >= 4 is 74.3 Å². The number of fused-ring (bicyclic) bond motifs is 2. The highest BCUT2D eigenvalue weighted by Gasteiger charge is 2.51. The van der Waals surface area contributed by atoms with Crippen molar-refractivity contribution in [2.45, 2.75) is 48.7 Å².